The van der Waals surface area contributed by atoms with Gasteiger partial charge in [-0.2, -0.15) is 4.98 Å². The van der Waals surface area contributed by atoms with Crippen LogP contribution in [0.4, 0.5) is 17.5 Å². The lowest BCUT2D eigenvalue weighted by Gasteiger charge is -2.09. The highest BCUT2D eigenvalue weighted by Gasteiger charge is 2.07. The van der Waals surface area contributed by atoms with E-state index in [1.165, 1.54) is 0 Å². The van der Waals surface area contributed by atoms with Crippen molar-refractivity contribution in [2.45, 2.75) is 0 Å². The Kier molecular flexibility index (Phi) is 4.17. The molecule has 0 radical (unpaired) electrons. The Morgan fingerprint density at radius 2 is 1.69 bits per heavy atom. The van der Waals surface area contributed by atoms with Gasteiger partial charge < -0.3 is 20.2 Å². The molecule has 1 aromatic carbocycles. The average molecular weight is 345 g/mol. The van der Waals surface area contributed by atoms with Gasteiger partial charge in [0.05, 0.1) is 18.2 Å². The first kappa shape index (κ1) is 15.6. The summed E-state index contributed by atoms with van der Waals surface area (Å²) in [7, 11) is 0. The van der Waals surface area contributed by atoms with Crippen molar-refractivity contribution in [1.29, 1.82) is 0 Å². The quantitative estimate of drug-likeness (QED) is 0.558. The van der Waals surface area contributed by atoms with Gasteiger partial charge in [-0.3, -0.25) is 4.98 Å². The van der Waals surface area contributed by atoms with Crippen molar-refractivity contribution in [3.8, 4) is 22.8 Å². The maximum atomic E-state index is 5.81. The third-order valence-corrected chi connectivity index (χ3v) is 3.57. The lowest BCUT2D eigenvalue weighted by Crippen LogP contribution is -2.01. The van der Waals surface area contributed by atoms with Gasteiger partial charge in [-0.05, 0) is 42.5 Å². The summed E-state index contributed by atoms with van der Waals surface area (Å²) in [5.41, 5.74) is 8.18. The van der Waals surface area contributed by atoms with Crippen LogP contribution in [0.2, 0.25) is 0 Å². The zero-order chi connectivity index (χ0) is 17.8. The summed E-state index contributed by atoms with van der Waals surface area (Å²) < 4.78 is 10.8. The first-order valence-corrected chi connectivity index (χ1v) is 7.88. The predicted octanol–water partition coefficient (Wildman–Crippen LogP) is 4.25. The smallest absolute Gasteiger partial charge is 0.222 e. The van der Waals surface area contributed by atoms with Gasteiger partial charge in [0.15, 0.2) is 0 Å². The summed E-state index contributed by atoms with van der Waals surface area (Å²) in [5, 5.41) is 3.21. The molecule has 0 atom stereocenters. The number of nitrogens with one attached hydrogen (secondary N) is 1. The molecule has 0 aliphatic rings. The van der Waals surface area contributed by atoms with Crippen LogP contribution in [-0.4, -0.2) is 15.0 Å². The fourth-order valence-corrected chi connectivity index (χ4v) is 2.38. The van der Waals surface area contributed by atoms with Gasteiger partial charge in [0, 0.05) is 29.7 Å². The Balaban J connectivity index is 1.51. The van der Waals surface area contributed by atoms with E-state index in [0.717, 1.165) is 22.7 Å². The zero-order valence-corrected chi connectivity index (χ0v) is 13.7. The molecule has 4 rings (SSSR count). The number of anilines is 3. The molecule has 26 heavy (non-hydrogen) atoms. The number of nitrogen functional groups attached to an aromatic ring is 1. The van der Waals surface area contributed by atoms with Crippen molar-refractivity contribution >= 4 is 17.5 Å². The molecule has 4 aromatic rings. The number of rotatable bonds is 5. The van der Waals surface area contributed by atoms with Crippen molar-refractivity contribution in [2.75, 3.05) is 11.1 Å². The molecule has 0 saturated heterocycles. The number of aromatic nitrogens is 3. The summed E-state index contributed by atoms with van der Waals surface area (Å²) in [6, 6.07) is 14.7. The molecule has 3 N–H and O–H groups in total. The van der Waals surface area contributed by atoms with Gasteiger partial charge in [-0.25, -0.2) is 4.98 Å². The van der Waals surface area contributed by atoms with E-state index in [0.29, 0.717) is 11.5 Å². The summed E-state index contributed by atoms with van der Waals surface area (Å²) >= 11 is 0. The Morgan fingerprint density at radius 3 is 2.42 bits per heavy atom. The minimum atomic E-state index is 0.184. The maximum Gasteiger partial charge on any atom is 0.222 e. The second-order valence-electron chi connectivity index (χ2n) is 5.44. The topological polar surface area (TPSA) is 99.1 Å². The normalized spacial score (nSPS) is 10.5. The van der Waals surface area contributed by atoms with E-state index in [9.17, 15) is 0 Å². The molecule has 0 amide bonds. The van der Waals surface area contributed by atoms with E-state index in [2.05, 4.69) is 20.3 Å². The van der Waals surface area contributed by atoms with E-state index in [-0.39, 0.29) is 5.95 Å². The van der Waals surface area contributed by atoms with Crippen molar-refractivity contribution in [2.24, 2.45) is 0 Å². The summed E-state index contributed by atoms with van der Waals surface area (Å²) in [6.07, 6.45) is 6.56. The van der Waals surface area contributed by atoms with Gasteiger partial charge >= 0.3 is 0 Å². The van der Waals surface area contributed by atoms with E-state index < -0.39 is 0 Å². The molecule has 0 unspecified atom stereocenters. The van der Waals surface area contributed by atoms with Crippen LogP contribution in [0.25, 0.3) is 11.3 Å². The molecule has 7 nitrogen and oxygen atoms in total. The Hall–Kier alpha value is -3.87. The first-order chi connectivity index (χ1) is 12.8. The highest BCUT2D eigenvalue weighted by molar-refractivity contribution is 5.66. The number of nitrogens with zero attached hydrogens (tertiary/aromatic N) is 3. The SMILES string of the molecule is Nc1nc(Nc2ccc(Oc3ccncc3)cc2)cc(-c2ccoc2)n1. The van der Waals surface area contributed by atoms with Crippen LogP contribution in [0, 0.1) is 0 Å². The summed E-state index contributed by atoms with van der Waals surface area (Å²) in [5.74, 6) is 2.23. The fourth-order valence-electron chi connectivity index (χ4n) is 2.38. The third kappa shape index (κ3) is 3.62. The molecule has 0 spiro atoms. The molecule has 3 heterocycles. The van der Waals surface area contributed by atoms with Gasteiger partial charge in [0.25, 0.3) is 0 Å². The lowest BCUT2D eigenvalue weighted by atomic mass is 10.2. The number of ether oxygens (including phenoxy) is 1. The molecule has 0 aliphatic heterocycles. The molecule has 0 bridgehead atoms. The number of nitrogens with two attached hydrogens (primary N) is 1. The van der Waals surface area contributed by atoms with Crippen LogP contribution in [0.1, 0.15) is 0 Å². The van der Waals surface area contributed by atoms with Crippen LogP contribution in [0.5, 0.6) is 11.5 Å². The Morgan fingerprint density at radius 1 is 0.923 bits per heavy atom. The van der Waals surface area contributed by atoms with Crippen LogP contribution in [0.3, 0.4) is 0 Å². The molecule has 128 valence electrons. The van der Waals surface area contributed by atoms with Crippen molar-refractivity contribution in [1.82, 2.24) is 15.0 Å². The van der Waals surface area contributed by atoms with Gasteiger partial charge in [-0.1, -0.05) is 0 Å². The van der Waals surface area contributed by atoms with E-state index in [1.807, 2.05) is 36.4 Å². The predicted molar refractivity (Wildman–Crippen MR) is 98.2 cm³/mol. The number of pyridine rings is 1. The van der Waals surface area contributed by atoms with Gasteiger partial charge in [-0.15, -0.1) is 0 Å². The molecular weight excluding hydrogens is 330 g/mol. The summed E-state index contributed by atoms with van der Waals surface area (Å²) in [4.78, 5) is 12.4. The van der Waals surface area contributed by atoms with Crippen LogP contribution >= 0.6 is 0 Å². The molecule has 0 aliphatic carbocycles. The number of benzene rings is 1. The van der Waals surface area contributed by atoms with E-state index in [1.54, 1.807) is 37.1 Å². The standard InChI is InChI=1S/C19H15N5O2/c20-19-23-17(13-7-10-25-12-13)11-18(24-19)22-14-1-3-15(4-2-14)26-16-5-8-21-9-6-16/h1-12H,(H3,20,22,23,24). The van der Waals surface area contributed by atoms with Gasteiger partial charge in [0.1, 0.15) is 17.3 Å². The second-order valence-corrected chi connectivity index (χ2v) is 5.44. The first-order valence-electron chi connectivity index (χ1n) is 7.88. The maximum absolute atomic E-state index is 5.81. The lowest BCUT2D eigenvalue weighted by molar-refractivity contribution is 0.482. The highest BCUT2D eigenvalue weighted by atomic mass is 16.5. The minimum Gasteiger partial charge on any atom is -0.472 e. The average Bonchev–Trinajstić information content (AvgIpc) is 3.19. The van der Waals surface area contributed by atoms with Crippen LogP contribution < -0.4 is 15.8 Å². The second kappa shape index (κ2) is 6.94. The molecular formula is C19H15N5O2. The number of furan rings is 1. The molecule has 0 saturated carbocycles. The third-order valence-electron chi connectivity index (χ3n) is 3.57. The highest BCUT2D eigenvalue weighted by Crippen LogP contribution is 2.26. The number of hydrogen-bond acceptors (Lipinski definition) is 7. The fraction of sp³-hybridized carbons (Fsp3) is 0. The van der Waals surface area contributed by atoms with Crippen molar-refractivity contribution in [3.05, 3.63) is 73.5 Å². The Labute approximate surface area is 149 Å². The number of hydrogen-bond donors (Lipinski definition) is 2. The molecule has 7 heteroatoms. The van der Waals surface area contributed by atoms with Gasteiger partial charge in [0.2, 0.25) is 5.95 Å². The van der Waals surface area contributed by atoms with Crippen molar-refractivity contribution in [3.63, 3.8) is 0 Å². The molecule has 3 aromatic heterocycles. The van der Waals surface area contributed by atoms with E-state index >= 15 is 0 Å². The van der Waals surface area contributed by atoms with Crippen LogP contribution in [-0.2, 0) is 0 Å². The summed E-state index contributed by atoms with van der Waals surface area (Å²) in [6.45, 7) is 0. The Bertz CT molecular complexity index is 986. The minimum absolute atomic E-state index is 0.184. The van der Waals surface area contributed by atoms with Crippen molar-refractivity contribution < 1.29 is 9.15 Å². The largest absolute Gasteiger partial charge is 0.472 e. The van der Waals surface area contributed by atoms with Crippen LogP contribution in [0.15, 0.2) is 77.9 Å². The zero-order valence-electron chi connectivity index (χ0n) is 13.7. The monoisotopic (exact) mass is 345 g/mol. The molecule has 0 fully saturated rings. The van der Waals surface area contributed by atoms with E-state index in [4.69, 9.17) is 14.9 Å².